The number of allylic oxidation sites excluding steroid dienone is 1. The lowest BCUT2D eigenvalue weighted by atomic mass is 10.1. The van der Waals surface area contributed by atoms with Gasteiger partial charge in [-0.15, -0.1) is 6.58 Å². The third-order valence-electron chi connectivity index (χ3n) is 4.49. The Morgan fingerprint density at radius 3 is 1.62 bits per heavy atom. The minimum Gasteiger partial charge on any atom is -0.103 e. The normalized spacial score (nSPS) is 18.1. The van der Waals surface area contributed by atoms with Crippen LogP contribution in [0, 0.1) is 0 Å². The van der Waals surface area contributed by atoms with Crippen LogP contribution in [0.5, 0.6) is 0 Å². The zero-order chi connectivity index (χ0) is 10.9. The van der Waals surface area contributed by atoms with Crippen molar-refractivity contribution in [1.29, 1.82) is 0 Å². The molecule has 0 saturated heterocycles. The van der Waals surface area contributed by atoms with Gasteiger partial charge in [0, 0.05) is 0 Å². The lowest BCUT2D eigenvalue weighted by Gasteiger charge is -2.49. The Balaban J connectivity index is 5.12. The van der Waals surface area contributed by atoms with E-state index < -0.39 is 8.07 Å². The Labute approximate surface area is 85.4 Å². The molecular weight excluding hydrogens is 172 g/mol. The van der Waals surface area contributed by atoms with E-state index in [0.717, 1.165) is 0 Å². The first-order chi connectivity index (χ1) is 5.62. The van der Waals surface area contributed by atoms with Crippen molar-refractivity contribution in [3.63, 3.8) is 0 Å². The highest BCUT2D eigenvalue weighted by Gasteiger charge is 2.47. The van der Waals surface area contributed by atoms with Gasteiger partial charge < -0.3 is 0 Å². The van der Waals surface area contributed by atoms with Gasteiger partial charge in [-0.25, -0.2) is 0 Å². The zero-order valence-corrected chi connectivity index (χ0v) is 11.5. The Hall–Kier alpha value is -0.0431. The first-order valence-electron chi connectivity index (χ1n) is 5.26. The number of rotatable bonds is 3. The summed E-state index contributed by atoms with van der Waals surface area (Å²) >= 11 is 0. The predicted molar refractivity (Wildman–Crippen MR) is 66.1 cm³/mol. The van der Waals surface area contributed by atoms with E-state index in [9.17, 15) is 0 Å². The van der Waals surface area contributed by atoms with Gasteiger partial charge in [0.05, 0.1) is 8.07 Å². The molecule has 0 radical (unpaired) electrons. The second-order valence-corrected chi connectivity index (χ2v) is 11.7. The van der Waals surface area contributed by atoms with E-state index in [-0.39, 0.29) is 0 Å². The minimum atomic E-state index is -1.28. The predicted octanol–water partition coefficient (Wildman–Crippen LogP) is 4.85. The smallest absolute Gasteiger partial charge is 0.0628 e. The van der Waals surface area contributed by atoms with Crippen LogP contribution < -0.4 is 0 Å². The Bertz CT molecular complexity index is 186. The summed E-state index contributed by atoms with van der Waals surface area (Å²) in [6.45, 7) is 20.8. The van der Waals surface area contributed by atoms with Gasteiger partial charge >= 0.3 is 0 Å². The summed E-state index contributed by atoms with van der Waals surface area (Å²) in [4.78, 5) is 0. The van der Waals surface area contributed by atoms with Gasteiger partial charge in [0.25, 0.3) is 0 Å². The van der Waals surface area contributed by atoms with Crippen LogP contribution in [0.4, 0.5) is 0 Å². The molecule has 0 aromatic heterocycles. The summed E-state index contributed by atoms with van der Waals surface area (Å²) in [5, 5.41) is 0.817. The van der Waals surface area contributed by atoms with Crippen LogP contribution >= 0.6 is 0 Å². The summed E-state index contributed by atoms with van der Waals surface area (Å²) in [6.07, 6.45) is 3.40. The lowest BCUT2D eigenvalue weighted by molar-refractivity contribution is 0.610. The van der Waals surface area contributed by atoms with Crippen molar-refractivity contribution >= 4 is 8.07 Å². The molecule has 0 aliphatic rings. The molecule has 1 heteroatoms. The molecule has 0 spiro atoms. The fourth-order valence-corrected chi connectivity index (χ4v) is 4.81. The second kappa shape index (κ2) is 3.60. The lowest BCUT2D eigenvalue weighted by Crippen LogP contribution is -2.47. The van der Waals surface area contributed by atoms with Crippen molar-refractivity contribution in [2.75, 3.05) is 0 Å². The van der Waals surface area contributed by atoms with Gasteiger partial charge in [-0.3, -0.25) is 0 Å². The fraction of sp³-hybridized carbons (Fsp3) is 0.833. The molecule has 0 nitrogen and oxygen atoms in total. The highest BCUT2D eigenvalue weighted by molar-refractivity contribution is 6.83. The summed E-state index contributed by atoms with van der Waals surface area (Å²) < 4.78 is 0. The van der Waals surface area contributed by atoms with E-state index in [0.29, 0.717) is 10.1 Å². The third kappa shape index (κ3) is 2.07. The molecule has 78 valence electrons. The standard InChI is InChI=1S/C12H26Si/c1-9-12(6,10-2)13(7,8)11(3,4)5/h9H,1,10H2,2-8H3. The molecule has 1 unspecified atom stereocenters. The molecule has 0 aliphatic heterocycles. The molecule has 13 heavy (non-hydrogen) atoms. The molecule has 0 aromatic rings. The van der Waals surface area contributed by atoms with Crippen LogP contribution in [0.2, 0.25) is 23.2 Å². The van der Waals surface area contributed by atoms with E-state index in [1.165, 1.54) is 6.42 Å². The second-order valence-electron chi connectivity index (χ2n) is 5.85. The van der Waals surface area contributed by atoms with Crippen molar-refractivity contribution < 1.29 is 0 Å². The molecule has 0 heterocycles. The van der Waals surface area contributed by atoms with Gasteiger partial charge in [0.2, 0.25) is 0 Å². The van der Waals surface area contributed by atoms with E-state index >= 15 is 0 Å². The van der Waals surface area contributed by atoms with Crippen LogP contribution in [0.15, 0.2) is 12.7 Å². The van der Waals surface area contributed by atoms with E-state index in [1.807, 2.05) is 0 Å². The molecular formula is C12H26Si. The topological polar surface area (TPSA) is 0 Å². The third-order valence-corrected chi connectivity index (χ3v) is 11.7. The van der Waals surface area contributed by atoms with Crippen LogP contribution in [-0.4, -0.2) is 8.07 Å². The van der Waals surface area contributed by atoms with Gasteiger partial charge in [0.1, 0.15) is 0 Å². The van der Waals surface area contributed by atoms with Crippen LogP contribution in [0.3, 0.4) is 0 Å². The minimum absolute atomic E-state index is 0.366. The molecule has 1 atom stereocenters. The van der Waals surface area contributed by atoms with Crippen LogP contribution in [0.25, 0.3) is 0 Å². The van der Waals surface area contributed by atoms with Crippen LogP contribution in [-0.2, 0) is 0 Å². The maximum Gasteiger partial charge on any atom is 0.0628 e. The van der Waals surface area contributed by atoms with Crippen molar-refractivity contribution in [2.45, 2.75) is 64.2 Å². The summed E-state index contributed by atoms with van der Waals surface area (Å²) in [5.74, 6) is 0. The Morgan fingerprint density at radius 1 is 1.15 bits per heavy atom. The van der Waals surface area contributed by atoms with E-state index in [1.54, 1.807) is 0 Å². The summed E-state index contributed by atoms with van der Waals surface area (Å²) in [7, 11) is -1.28. The maximum absolute atomic E-state index is 4.02. The van der Waals surface area contributed by atoms with E-state index in [2.05, 4.69) is 60.4 Å². The molecule has 0 rings (SSSR count). The fourth-order valence-electron chi connectivity index (χ4n) is 1.70. The number of hydrogen-bond donors (Lipinski definition) is 0. The van der Waals surface area contributed by atoms with Gasteiger partial charge in [-0.05, 0) is 16.5 Å². The first kappa shape index (κ1) is 13.0. The van der Waals surface area contributed by atoms with Crippen molar-refractivity contribution in [2.24, 2.45) is 0 Å². The SMILES string of the molecule is C=CC(C)(CC)[Si](C)(C)C(C)(C)C. The highest BCUT2D eigenvalue weighted by Crippen LogP contribution is 2.53. The van der Waals surface area contributed by atoms with E-state index in [4.69, 9.17) is 0 Å². The van der Waals surface area contributed by atoms with Gasteiger partial charge in [-0.1, -0.05) is 53.8 Å². The zero-order valence-electron chi connectivity index (χ0n) is 10.5. The maximum atomic E-state index is 4.02. The first-order valence-corrected chi connectivity index (χ1v) is 8.26. The largest absolute Gasteiger partial charge is 0.103 e. The number of hydrogen-bond acceptors (Lipinski definition) is 0. The quantitative estimate of drug-likeness (QED) is 0.449. The van der Waals surface area contributed by atoms with Crippen LogP contribution in [0.1, 0.15) is 41.0 Å². The van der Waals surface area contributed by atoms with Gasteiger partial charge in [0.15, 0.2) is 0 Å². The Kier molecular flexibility index (Phi) is 3.59. The molecule has 0 saturated carbocycles. The Morgan fingerprint density at radius 2 is 1.54 bits per heavy atom. The van der Waals surface area contributed by atoms with Crippen molar-refractivity contribution in [3.05, 3.63) is 12.7 Å². The molecule has 0 aromatic carbocycles. The molecule has 0 amide bonds. The molecule has 0 bridgehead atoms. The average Bonchev–Trinajstić information content (AvgIpc) is 2.00. The highest BCUT2D eigenvalue weighted by atomic mass is 28.3. The monoisotopic (exact) mass is 198 g/mol. The summed E-state index contributed by atoms with van der Waals surface area (Å²) in [6, 6.07) is 0. The molecule has 0 fully saturated rings. The van der Waals surface area contributed by atoms with Crippen molar-refractivity contribution in [3.8, 4) is 0 Å². The average molecular weight is 198 g/mol. The van der Waals surface area contributed by atoms with Crippen molar-refractivity contribution in [1.82, 2.24) is 0 Å². The van der Waals surface area contributed by atoms with Gasteiger partial charge in [-0.2, -0.15) is 0 Å². The molecule has 0 aliphatic carbocycles. The molecule has 0 N–H and O–H groups in total. The summed E-state index contributed by atoms with van der Waals surface area (Å²) in [5.41, 5.74) is 0.